The number of aromatic nitrogens is 4. The van der Waals surface area contributed by atoms with Crippen molar-refractivity contribution in [3.05, 3.63) is 65.7 Å². The van der Waals surface area contributed by atoms with E-state index in [2.05, 4.69) is 47.2 Å². The minimum atomic E-state index is 0.189. The van der Waals surface area contributed by atoms with Crippen LogP contribution in [-0.4, -0.2) is 43.1 Å². The third-order valence-corrected chi connectivity index (χ3v) is 6.90. The minimum Gasteiger partial charge on any atom is -0.347 e. The van der Waals surface area contributed by atoms with Crippen molar-refractivity contribution in [2.75, 3.05) is 18.5 Å². The molecular formula is C27H30N6O2. The Morgan fingerprint density at radius 2 is 2.09 bits per heavy atom. The van der Waals surface area contributed by atoms with Gasteiger partial charge in [-0.05, 0) is 68.5 Å². The first-order valence-electron chi connectivity index (χ1n) is 12.4. The Hall–Kier alpha value is -3.49. The number of hydroxylamine groups is 2. The van der Waals surface area contributed by atoms with E-state index in [9.17, 15) is 4.79 Å². The summed E-state index contributed by atoms with van der Waals surface area (Å²) in [6.45, 7) is 7.57. The summed E-state index contributed by atoms with van der Waals surface area (Å²) >= 11 is 0. The van der Waals surface area contributed by atoms with Crippen LogP contribution in [0.1, 0.15) is 47.7 Å². The van der Waals surface area contributed by atoms with Gasteiger partial charge in [-0.25, -0.2) is 4.98 Å². The van der Waals surface area contributed by atoms with E-state index >= 15 is 0 Å². The Kier molecular flexibility index (Phi) is 5.62. The first-order chi connectivity index (χ1) is 17.1. The van der Waals surface area contributed by atoms with E-state index in [-0.39, 0.29) is 11.7 Å². The van der Waals surface area contributed by atoms with E-state index in [1.807, 2.05) is 34.0 Å². The minimum absolute atomic E-state index is 0.189. The van der Waals surface area contributed by atoms with E-state index in [1.165, 1.54) is 11.1 Å². The summed E-state index contributed by atoms with van der Waals surface area (Å²) in [5.41, 5.74) is 5.18. The lowest BCUT2D eigenvalue weighted by atomic mass is 10.1. The highest BCUT2D eigenvalue weighted by atomic mass is 16.7. The molecule has 3 aromatic heterocycles. The summed E-state index contributed by atoms with van der Waals surface area (Å²) in [6, 6.07) is 8.03. The predicted octanol–water partition coefficient (Wildman–Crippen LogP) is 5.02. The second-order valence-electron chi connectivity index (χ2n) is 9.49. The first kappa shape index (κ1) is 22.0. The van der Waals surface area contributed by atoms with Crippen molar-refractivity contribution in [2.45, 2.75) is 46.2 Å². The molecule has 8 nitrogen and oxygen atoms in total. The van der Waals surface area contributed by atoms with Gasteiger partial charge in [-0.3, -0.25) is 9.63 Å². The van der Waals surface area contributed by atoms with E-state index < -0.39 is 0 Å². The Morgan fingerprint density at radius 3 is 2.86 bits per heavy atom. The van der Waals surface area contributed by atoms with Gasteiger partial charge in [-0.1, -0.05) is 0 Å². The summed E-state index contributed by atoms with van der Waals surface area (Å²) in [5.74, 6) is 1.76. The first-order valence-corrected chi connectivity index (χ1v) is 12.4. The second kappa shape index (κ2) is 8.94. The molecule has 35 heavy (non-hydrogen) atoms. The third kappa shape index (κ3) is 4.35. The van der Waals surface area contributed by atoms with E-state index in [0.717, 1.165) is 73.5 Å². The molecule has 0 atom stereocenters. The van der Waals surface area contributed by atoms with E-state index in [1.54, 1.807) is 6.20 Å². The van der Waals surface area contributed by atoms with Gasteiger partial charge in [-0.2, -0.15) is 10.0 Å². The average molecular weight is 471 g/mol. The Labute approximate surface area is 204 Å². The summed E-state index contributed by atoms with van der Waals surface area (Å²) < 4.78 is 4.18. The summed E-state index contributed by atoms with van der Waals surface area (Å²) in [6.07, 6.45) is 11.0. The van der Waals surface area contributed by atoms with Crippen LogP contribution in [0.2, 0.25) is 0 Å². The molecule has 0 spiro atoms. The molecule has 1 aliphatic heterocycles. The topological polar surface area (TPSA) is 77.2 Å². The molecule has 0 unspecified atom stereocenters. The number of Topliss-reactive ketones (excluding diaryl/α,β-unsaturated/α-hetero) is 1. The monoisotopic (exact) mass is 470 g/mol. The lowest BCUT2D eigenvalue weighted by Crippen LogP contribution is -2.17. The van der Waals surface area contributed by atoms with Gasteiger partial charge in [0.15, 0.2) is 5.78 Å². The van der Waals surface area contributed by atoms with Crippen LogP contribution in [0.5, 0.6) is 0 Å². The number of carbonyl (C=O) groups is 1. The largest absolute Gasteiger partial charge is 0.347 e. The molecule has 1 aromatic carbocycles. The maximum atomic E-state index is 12.9. The molecule has 1 aliphatic carbocycles. The van der Waals surface area contributed by atoms with Crippen molar-refractivity contribution in [3.63, 3.8) is 0 Å². The van der Waals surface area contributed by atoms with Gasteiger partial charge in [0.05, 0.1) is 13.2 Å². The highest BCUT2D eigenvalue weighted by molar-refractivity contribution is 6.10. The molecule has 0 bridgehead atoms. The second-order valence-corrected chi connectivity index (χ2v) is 9.49. The number of hydrogen-bond donors (Lipinski definition) is 1. The number of carbonyl (C=O) groups excluding carboxylic acids is 1. The fourth-order valence-corrected chi connectivity index (χ4v) is 4.79. The average Bonchev–Trinajstić information content (AvgIpc) is 3.29. The Balaban J connectivity index is 1.26. The quantitative estimate of drug-likeness (QED) is 0.364. The molecule has 0 radical (unpaired) electrons. The summed E-state index contributed by atoms with van der Waals surface area (Å²) in [7, 11) is 0. The van der Waals surface area contributed by atoms with Gasteiger partial charge >= 0.3 is 0 Å². The number of nitrogens with zero attached hydrogens (tertiary/aromatic N) is 5. The number of rotatable bonds is 8. The van der Waals surface area contributed by atoms with Crippen molar-refractivity contribution in [1.82, 2.24) is 24.2 Å². The Bertz CT molecular complexity index is 1390. The zero-order chi connectivity index (χ0) is 23.9. The lowest BCUT2D eigenvalue weighted by molar-refractivity contribution is -0.117. The van der Waals surface area contributed by atoms with Crippen LogP contribution in [0.25, 0.3) is 16.7 Å². The molecule has 2 fully saturated rings. The van der Waals surface area contributed by atoms with Gasteiger partial charge in [-0.15, -0.1) is 0 Å². The number of anilines is 2. The molecule has 4 heterocycles. The zero-order valence-electron chi connectivity index (χ0n) is 20.2. The van der Waals surface area contributed by atoms with Crippen molar-refractivity contribution in [1.29, 1.82) is 0 Å². The highest BCUT2D eigenvalue weighted by Crippen LogP contribution is 2.36. The number of nitrogens with one attached hydrogen (secondary N) is 1. The van der Waals surface area contributed by atoms with Gasteiger partial charge < -0.3 is 14.5 Å². The molecule has 1 saturated heterocycles. The van der Waals surface area contributed by atoms with Crippen molar-refractivity contribution in [2.24, 2.45) is 5.92 Å². The van der Waals surface area contributed by atoms with Crippen LogP contribution in [0, 0.1) is 12.8 Å². The SMILES string of the molecule is CCn1cc(C(=O)C2CC2)c2cc(Nc3nccc(-n4cc(C)c(CN5CCCO5)c4)n3)ccc21. The van der Waals surface area contributed by atoms with Gasteiger partial charge in [0, 0.05) is 65.9 Å². The molecule has 6 rings (SSSR count). The maximum absolute atomic E-state index is 12.9. The molecular weight excluding hydrogens is 440 g/mol. The normalized spacial score (nSPS) is 16.3. The summed E-state index contributed by atoms with van der Waals surface area (Å²) in [4.78, 5) is 27.7. The number of benzene rings is 1. The van der Waals surface area contributed by atoms with Crippen molar-refractivity contribution in [3.8, 4) is 5.82 Å². The molecule has 1 saturated carbocycles. The number of fused-ring (bicyclic) bond motifs is 1. The number of hydrogen-bond acceptors (Lipinski definition) is 6. The zero-order valence-corrected chi connectivity index (χ0v) is 20.2. The number of ketones is 1. The van der Waals surface area contributed by atoms with Crippen LogP contribution in [0.3, 0.4) is 0 Å². The molecule has 8 heteroatoms. The maximum Gasteiger partial charge on any atom is 0.229 e. The van der Waals surface area contributed by atoms with Crippen LogP contribution in [-0.2, 0) is 17.9 Å². The van der Waals surface area contributed by atoms with Gasteiger partial charge in [0.2, 0.25) is 5.95 Å². The van der Waals surface area contributed by atoms with E-state index in [0.29, 0.717) is 5.95 Å². The van der Waals surface area contributed by atoms with Crippen molar-refractivity contribution >= 4 is 28.3 Å². The van der Waals surface area contributed by atoms with Gasteiger partial charge in [0.1, 0.15) is 5.82 Å². The molecule has 1 N–H and O–H groups in total. The van der Waals surface area contributed by atoms with Crippen LogP contribution >= 0.6 is 0 Å². The highest BCUT2D eigenvalue weighted by Gasteiger charge is 2.32. The fraction of sp³-hybridized carbons (Fsp3) is 0.370. The lowest BCUT2D eigenvalue weighted by Gasteiger charge is -2.12. The molecule has 180 valence electrons. The van der Waals surface area contributed by atoms with Crippen LogP contribution in [0.4, 0.5) is 11.6 Å². The van der Waals surface area contributed by atoms with Crippen LogP contribution < -0.4 is 5.32 Å². The summed E-state index contributed by atoms with van der Waals surface area (Å²) in [5, 5.41) is 6.34. The van der Waals surface area contributed by atoms with Gasteiger partial charge in [0.25, 0.3) is 0 Å². The van der Waals surface area contributed by atoms with E-state index in [4.69, 9.17) is 9.82 Å². The third-order valence-electron chi connectivity index (χ3n) is 6.90. The smallest absolute Gasteiger partial charge is 0.229 e. The Morgan fingerprint density at radius 1 is 1.20 bits per heavy atom. The number of aryl methyl sites for hydroxylation is 2. The fourth-order valence-electron chi connectivity index (χ4n) is 4.79. The molecule has 4 aromatic rings. The van der Waals surface area contributed by atoms with Crippen molar-refractivity contribution < 1.29 is 9.63 Å². The standard InChI is InChI=1S/C27H30N6O2/c1-3-31-17-23(26(34)19-5-6-19)22-13-21(7-8-24(22)31)29-27-28-10-9-25(30-27)32-14-18(2)20(15-32)16-33-11-4-12-35-33/h7-10,13-15,17,19H,3-6,11-12,16H2,1-2H3,(H,28,29,30). The van der Waals surface area contributed by atoms with Crippen LogP contribution in [0.15, 0.2) is 49.1 Å². The molecule has 0 amide bonds. The molecule has 2 aliphatic rings. The predicted molar refractivity (Wildman–Crippen MR) is 135 cm³/mol.